The van der Waals surface area contributed by atoms with Crippen molar-refractivity contribution >= 4 is 28.3 Å². The largest absolute Gasteiger partial charge is 0.507 e. The molecule has 1 atom stereocenters. The number of thiophene rings is 1. The first-order valence-electron chi connectivity index (χ1n) is 8.73. The van der Waals surface area contributed by atoms with E-state index in [1.54, 1.807) is 0 Å². The molecule has 4 aromatic rings. The number of carbonyl (C=O) groups excluding carboxylic acids is 1. The Kier molecular flexibility index (Phi) is 3.80. The molecule has 0 bridgehead atoms. The van der Waals surface area contributed by atoms with Crippen LogP contribution >= 0.6 is 11.3 Å². The van der Waals surface area contributed by atoms with Crippen LogP contribution in [0, 0.1) is 0 Å². The van der Waals surface area contributed by atoms with Crippen molar-refractivity contribution in [1.82, 2.24) is 0 Å². The lowest BCUT2D eigenvalue weighted by Gasteiger charge is -2.25. The van der Waals surface area contributed by atoms with Gasteiger partial charge in [-0.05, 0) is 28.0 Å². The van der Waals surface area contributed by atoms with E-state index in [2.05, 4.69) is 0 Å². The highest BCUT2D eigenvalue weighted by Gasteiger charge is 2.33. The van der Waals surface area contributed by atoms with Gasteiger partial charge in [0.2, 0.25) is 5.43 Å². The molecular weight excluding hydrogens is 376 g/mol. The third kappa shape index (κ3) is 2.53. The summed E-state index contributed by atoms with van der Waals surface area (Å²) in [5, 5.41) is 14.5. The topological polar surface area (TPSA) is 76.7 Å². The normalized spacial score (nSPS) is 16.0. The molecule has 5 rings (SSSR count). The van der Waals surface area contributed by atoms with E-state index >= 15 is 0 Å². The van der Waals surface area contributed by atoms with Crippen molar-refractivity contribution in [2.24, 2.45) is 0 Å². The molecule has 1 aliphatic rings. The van der Waals surface area contributed by atoms with Crippen LogP contribution in [0.1, 0.15) is 23.5 Å². The van der Waals surface area contributed by atoms with Crippen LogP contribution in [0.15, 0.2) is 68.7 Å². The fourth-order valence-corrected chi connectivity index (χ4v) is 4.42. The summed E-state index contributed by atoms with van der Waals surface area (Å²) in [5.74, 6) is -0.714. The number of rotatable bonds is 2. The molecule has 3 heterocycles. The highest BCUT2D eigenvalue weighted by atomic mass is 32.1. The molecule has 0 fully saturated rings. The molecule has 28 heavy (non-hydrogen) atoms. The lowest BCUT2D eigenvalue weighted by molar-refractivity contribution is -0.135. The molecule has 2 aromatic heterocycles. The average Bonchev–Trinajstić information content (AvgIpc) is 3.22. The van der Waals surface area contributed by atoms with E-state index in [9.17, 15) is 14.7 Å². The number of phenolic OH excluding ortho intramolecular Hbond substituents is 1. The Hall–Kier alpha value is -3.38. The van der Waals surface area contributed by atoms with Gasteiger partial charge in [0.25, 0.3) is 0 Å². The van der Waals surface area contributed by atoms with E-state index in [4.69, 9.17) is 9.15 Å². The highest BCUT2D eigenvalue weighted by Crippen LogP contribution is 2.45. The van der Waals surface area contributed by atoms with E-state index < -0.39 is 0 Å². The first kappa shape index (κ1) is 16.8. The van der Waals surface area contributed by atoms with Gasteiger partial charge in [-0.1, -0.05) is 30.3 Å². The predicted octanol–water partition coefficient (Wildman–Crippen LogP) is 4.67. The molecule has 2 aromatic carbocycles. The van der Waals surface area contributed by atoms with Gasteiger partial charge < -0.3 is 14.3 Å². The molecule has 0 radical (unpaired) electrons. The first-order valence-corrected chi connectivity index (χ1v) is 9.67. The number of hydrogen-bond acceptors (Lipinski definition) is 6. The van der Waals surface area contributed by atoms with Crippen molar-refractivity contribution < 1.29 is 19.1 Å². The molecule has 0 saturated carbocycles. The summed E-state index contributed by atoms with van der Waals surface area (Å²) in [4.78, 5) is 25.3. The van der Waals surface area contributed by atoms with E-state index in [1.165, 1.54) is 23.7 Å². The number of carbonyl (C=O) groups is 1. The van der Waals surface area contributed by atoms with Gasteiger partial charge >= 0.3 is 5.97 Å². The summed E-state index contributed by atoms with van der Waals surface area (Å²) in [5.41, 5.74) is 2.56. The van der Waals surface area contributed by atoms with E-state index in [0.717, 1.165) is 5.56 Å². The van der Waals surface area contributed by atoms with Gasteiger partial charge in [-0.25, -0.2) is 0 Å². The van der Waals surface area contributed by atoms with Gasteiger partial charge in [-0.3, -0.25) is 9.59 Å². The molecular formula is C22H14O5S. The second-order valence-electron chi connectivity index (χ2n) is 6.64. The molecule has 138 valence electrons. The Balaban J connectivity index is 1.82. The molecule has 0 aliphatic carbocycles. The van der Waals surface area contributed by atoms with Crippen LogP contribution in [0.2, 0.25) is 0 Å². The number of aromatic hydroxyl groups is 1. The van der Waals surface area contributed by atoms with Crippen LogP contribution < -0.4 is 10.2 Å². The molecule has 0 unspecified atom stereocenters. The molecule has 1 N–H and O–H groups in total. The standard InChI is InChI=1S/C22H14O5S/c23-16-9-17-19(14(8-18(24)27-17)13-6-7-28-11-13)22-20(16)21(25)15(10-26-22)12-4-2-1-3-5-12/h1-7,9-11,14,23H,8H2/t14-/m0/s1. The quantitative estimate of drug-likeness (QED) is 0.398. The monoisotopic (exact) mass is 390 g/mol. The average molecular weight is 390 g/mol. The van der Waals surface area contributed by atoms with E-state index in [0.29, 0.717) is 16.7 Å². The zero-order chi connectivity index (χ0) is 19.3. The fourth-order valence-electron chi connectivity index (χ4n) is 3.71. The maximum Gasteiger partial charge on any atom is 0.312 e. The number of esters is 1. The Labute approximate surface area is 163 Å². The number of fused-ring (bicyclic) bond motifs is 3. The molecule has 1 aliphatic heterocycles. The number of benzene rings is 2. The Bertz CT molecular complexity index is 1260. The van der Waals surface area contributed by atoms with Crippen LogP contribution in [0.5, 0.6) is 11.5 Å². The Morgan fingerprint density at radius 2 is 1.93 bits per heavy atom. The minimum atomic E-state index is -0.384. The van der Waals surface area contributed by atoms with Gasteiger partial charge in [0.15, 0.2) is 0 Å². The van der Waals surface area contributed by atoms with Gasteiger partial charge in [0.05, 0.1) is 12.0 Å². The van der Waals surface area contributed by atoms with Crippen molar-refractivity contribution in [2.45, 2.75) is 12.3 Å². The van der Waals surface area contributed by atoms with Crippen molar-refractivity contribution in [2.75, 3.05) is 0 Å². The van der Waals surface area contributed by atoms with Crippen molar-refractivity contribution in [3.8, 4) is 22.6 Å². The molecule has 6 heteroatoms. The third-order valence-corrected chi connectivity index (χ3v) is 5.70. The maximum atomic E-state index is 13.2. The minimum Gasteiger partial charge on any atom is -0.507 e. The zero-order valence-corrected chi connectivity index (χ0v) is 15.4. The SMILES string of the molecule is O=C1C[C@@H](c2ccsc2)c2c(cc(O)c3c(=O)c(-c4ccccc4)coc23)O1. The van der Waals surface area contributed by atoms with E-state index in [1.807, 2.05) is 47.2 Å². The van der Waals surface area contributed by atoms with Gasteiger partial charge in [0.1, 0.15) is 28.7 Å². The van der Waals surface area contributed by atoms with Crippen molar-refractivity contribution in [1.29, 1.82) is 0 Å². The maximum absolute atomic E-state index is 13.2. The second-order valence-corrected chi connectivity index (χ2v) is 7.42. The van der Waals surface area contributed by atoms with Crippen LogP contribution in [-0.2, 0) is 4.79 Å². The number of ether oxygens (including phenoxy) is 1. The Morgan fingerprint density at radius 3 is 2.68 bits per heavy atom. The fraction of sp³-hybridized carbons (Fsp3) is 0.0909. The van der Waals surface area contributed by atoms with E-state index in [-0.39, 0.29) is 46.2 Å². The van der Waals surface area contributed by atoms with Crippen LogP contribution in [0.3, 0.4) is 0 Å². The zero-order valence-electron chi connectivity index (χ0n) is 14.5. The second kappa shape index (κ2) is 6.35. The number of phenols is 1. The molecule has 0 saturated heterocycles. The summed E-state index contributed by atoms with van der Waals surface area (Å²) >= 11 is 1.53. The predicted molar refractivity (Wildman–Crippen MR) is 106 cm³/mol. The third-order valence-electron chi connectivity index (χ3n) is 5.00. The summed E-state index contributed by atoms with van der Waals surface area (Å²) in [6.07, 6.45) is 1.55. The summed E-state index contributed by atoms with van der Waals surface area (Å²) in [6.45, 7) is 0. The van der Waals surface area contributed by atoms with Gasteiger partial charge in [0, 0.05) is 17.5 Å². The lowest BCUT2D eigenvalue weighted by atomic mass is 9.86. The highest BCUT2D eigenvalue weighted by molar-refractivity contribution is 7.08. The van der Waals surface area contributed by atoms with Gasteiger partial charge in [-0.15, -0.1) is 0 Å². The van der Waals surface area contributed by atoms with Crippen molar-refractivity contribution in [3.05, 3.63) is 80.8 Å². The Morgan fingerprint density at radius 1 is 1.11 bits per heavy atom. The van der Waals surface area contributed by atoms with Crippen LogP contribution in [0.25, 0.3) is 22.1 Å². The van der Waals surface area contributed by atoms with Crippen molar-refractivity contribution in [3.63, 3.8) is 0 Å². The summed E-state index contributed by atoms with van der Waals surface area (Å²) in [6, 6.07) is 12.4. The molecule has 5 nitrogen and oxygen atoms in total. The van der Waals surface area contributed by atoms with Crippen LogP contribution in [-0.4, -0.2) is 11.1 Å². The smallest absolute Gasteiger partial charge is 0.312 e. The first-order chi connectivity index (χ1) is 13.6. The van der Waals surface area contributed by atoms with Crippen LogP contribution in [0.4, 0.5) is 0 Å². The lowest BCUT2D eigenvalue weighted by Crippen LogP contribution is -2.21. The molecule has 0 spiro atoms. The summed E-state index contributed by atoms with van der Waals surface area (Å²) in [7, 11) is 0. The van der Waals surface area contributed by atoms with Gasteiger partial charge in [-0.2, -0.15) is 11.3 Å². The molecule has 0 amide bonds. The number of hydrogen-bond donors (Lipinski definition) is 1. The minimum absolute atomic E-state index is 0.0956. The summed E-state index contributed by atoms with van der Waals surface area (Å²) < 4.78 is 11.2.